The SMILES string of the molecule is CC.O=C1CC2CC3(CNC3)c3ccccc3C2O1. The summed E-state index contributed by atoms with van der Waals surface area (Å²) in [6.07, 6.45) is 1.71. The largest absolute Gasteiger partial charge is 0.457 e. The average Bonchev–Trinajstić information content (AvgIpc) is 2.78. The van der Waals surface area contributed by atoms with E-state index in [0.29, 0.717) is 12.3 Å². The van der Waals surface area contributed by atoms with Gasteiger partial charge in [0.15, 0.2) is 0 Å². The van der Waals surface area contributed by atoms with Crippen LogP contribution in [0.25, 0.3) is 0 Å². The second-order valence-corrected chi connectivity index (χ2v) is 5.55. The number of hydrogen-bond acceptors (Lipinski definition) is 3. The molecule has 2 aliphatic heterocycles. The molecule has 1 N–H and O–H groups in total. The molecule has 2 saturated heterocycles. The Bertz CT molecular complexity index is 493. The average molecular weight is 259 g/mol. The molecule has 3 nitrogen and oxygen atoms in total. The Labute approximate surface area is 114 Å². The van der Waals surface area contributed by atoms with Crippen LogP contribution in [0.5, 0.6) is 0 Å². The van der Waals surface area contributed by atoms with Gasteiger partial charge >= 0.3 is 5.97 Å². The molecule has 1 aromatic carbocycles. The molecule has 0 radical (unpaired) electrons. The maximum absolute atomic E-state index is 11.5. The number of carbonyl (C=O) groups is 1. The summed E-state index contributed by atoms with van der Waals surface area (Å²) < 4.78 is 5.49. The van der Waals surface area contributed by atoms with E-state index in [4.69, 9.17) is 4.74 Å². The summed E-state index contributed by atoms with van der Waals surface area (Å²) in [7, 11) is 0. The van der Waals surface area contributed by atoms with Crippen LogP contribution in [0.2, 0.25) is 0 Å². The van der Waals surface area contributed by atoms with E-state index in [1.165, 1.54) is 11.1 Å². The summed E-state index contributed by atoms with van der Waals surface area (Å²) in [6.45, 7) is 6.09. The quantitative estimate of drug-likeness (QED) is 0.728. The van der Waals surface area contributed by atoms with Crippen LogP contribution in [-0.2, 0) is 14.9 Å². The Balaban J connectivity index is 0.000000528. The van der Waals surface area contributed by atoms with Crippen LogP contribution < -0.4 is 5.32 Å². The van der Waals surface area contributed by atoms with Gasteiger partial charge in [-0.05, 0) is 17.5 Å². The van der Waals surface area contributed by atoms with Gasteiger partial charge in [0, 0.05) is 24.4 Å². The molecule has 0 bridgehead atoms. The number of rotatable bonds is 0. The monoisotopic (exact) mass is 259 g/mol. The molecule has 2 fully saturated rings. The summed E-state index contributed by atoms with van der Waals surface area (Å²) >= 11 is 0. The van der Waals surface area contributed by atoms with Gasteiger partial charge in [0.2, 0.25) is 0 Å². The van der Waals surface area contributed by atoms with E-state index in [2.05, 4.69) is 23.5 Å². The first-order valence-electron chi connectivity index (χ1n) is 7.28. The van der Waals surface area contributed by atoms with E-state index in [9.17, 15) is 4.79 Å². The third kappa shape index (κ3) is 1.79. The molecule has 19 heavy (non-hydrogen) atoms. The molecule has 1 aliphatic carbocycles. The fraction of sp³-hybridized carbons (Fsp3) is 0.562. The van der Waals surface area contributed by atoms with Crippen LogP contribution in [0.3, 0.4) is 0 Å². The molecule has 1 spiro atoms. The van der Waals surface area contributed by atoms with Crippen molar-refractivity contribution in [2.45, 2.75) is 38.2 Å². The second kappa shape index (κ2) is 4.64. The normalized spacial score (nSPS) is 29.5. The predicted molar refractivity (Wildman–Crippen MR) is 73.9 cm³/mol. The molecule has 2 atom stereocenters. The zero-order chi connectivity index (χ0) is 13.5. The fourth-order valence-electron chi connectivity index (χ4n) is 3.71. The van der Waals surface area contributed by atoms with Crippen molar-refractivity contribution in [2.24, 2.45) is 5.92 Å². The number of nitrogens with one attached hydrogen (secondary N) is 1. The van der Waals surface area contributed by atoms with Crippen LogP contribution >= 0.6 is 0 Å². The van der Waals surface area contributed by atoms with Gasteiger partial charge < -0.3 is 10.1 Å². The van der Waals surface area contributed by atoms with E-state index in [-0.39, 0.29) is 17.5 Å². The highest BCUT2D eigenvalue weighted by molar-refractivity contribution is 5.73. The molecule has 0 amide bonds. The number of carbonyl (C=O) groups excluding carboxylic acids is 1. The van der Waals surface area contributed by atoms with Crippen molar-refractivity contribution in [3.05, 3.63) is 35.4 Å². The summed E-state index contributed by atoms with van der Waals surface area (Å²) in [5.74, 6) is 0.360. The highest BCUT2D eigenvalue weighted by Gasteiger charge is 2.51. The molecule has 3 aliphatic rings. The second-order valence-electron chi connectivity index (χ2n) is 5.55. The fourth-order valence-corrected chi connectivity index (χ4v) is 3.71. The van der Waals surface area contributed by atoms with Crippen molar-refractivity contribution in [3.63, 3.8) is 0 Å². The van der Waals surface area contributed by atoms with E-state index in [1.807, 2.05) is 19.9 Å². The zero-order valence-corrected chi connectivity index (χ0v) is 11.6. The Morgan fingerprint density at radius 1 is 1.26 bits per heavy atom. The Kier molecular flexibility index (Phi) is 3.09. The van der Waals surface area contributed by atoms with Gasteiger partial charge in [-0.3, -0.25) is 4.79 Å². The highest BCUT2D eigenvalue weighted by atomic mass is 16.5. The van der Waals surface area contributed by atoms with Gasteiger partial charge in [0.1, 0.15) is 6.10 Å². The Morgan fingerprint density at radius 3 is 2.68 bits per heavy atom. The van der Waals surface area contributed by atoms with Gasteiger partial charge in [-0.2, -0.15) is 0 Å². The van der Waals surface area contributed by atoms with Crippen molar-refractivity contribution in [3.8, 4) is 0 Å². The lowest BCUT2D eigenvalue weighted by atomic mass is 9.62. The first kappa shape index (κ1) is 12.7. The standard InChI is InChI=1S/C14H15NO2.C2H6/c16-12-5-9-6-14(7-15-8-14)11-4-2-1-3-10(11)13(9)17-12;1-2/h1-4,9,13,15H,5-8H2;1-2H3. The molecule has 3 heteroatoms. The van der Waals surface area contributed by atoms with Crippen LogP contribution in [0.15, 0.2) is 24.3 Å². The van der Waals surface area contributed by atoms with Crippen molar-refractivity contribution < 1.29 is 9.53 Å². The summed E-state index contributed by atoms with van der Waals surface area (Å²) in [5.41, 5.74) is 2.91. The summed E-state index contributed by atoms with van der Waals surface area (Å²) in [4.78, 5) is 11.5. The maximum atomic E-state index is 11.5. The van der Waals surface area contributed by atoms with Crippen LogP contribution in [0.4, 0.5) is 0 Å². The molecular formula is C16H21NO2. The summed E-state index contributed by atoms with van der Waals surface area (Å²) in [6, 6.07) is 8.48. The minimum Gasteiger partial charge on any atom is -0.457 e. The van der Waals surface area contributed by atoms with Crippen LogP contribution in [0, 0.1) is 5.92 Å². The first-order chi connectivity index (χ1) is 9.28. The predicted octanol–water partition coefficient (Wildman–Crippen LogP) is 2.56. The van der Waals surface area contributed by atoms with Gasteiger partial charge in [0.25, 0.3) is 0 Å². The van der Waals surface area contributed by atoms with E-state index in [1.54, 1.807) is 0 Å². The maximum Gasteiger partial charge on any atom is 0.306 e. The highest BCUT2D eigenvalue weighted by Crippen LogP contribution is 2.52. The topological polar surface area (TPSA) is 38.3 Å². The lowest BCUT2D eigenvalue weighted by Gasteiger charge is -2.49. The van der Waals surface area contributed by atoms with Crippen molar-refractivity contribution >= 4 is 5.97 Å². The number of fused-ring (bicyclic) bond motifs is 4. The van der Waals surface area contributed by atoms with Crippen LogP contribution in [0.1, 0.15) is 43.9 Å². The Morgan fingerprint density at radius 2 is 2.00 bits per heavy atom. The zero-order valence-electron chi connectivity index (χ0n) is 11.6. The van der Waals surface area contributed by atoms with Crippen LogP contribution in [-0.4, -0.2) is 19.1 Å². The van der Waals surface area contributed by atoms with E-state index < -0.39 is 0 Å². The molecule has 2 heterocycles. The summed E-state index contributed by atoms with van der Waals surface area (Å²) in [5, 5.41) is 3.38. The van der Waals surface area contributed by atoms with Gasteiger partial charge in [-0.1, -0.05) is 38.1 Å². The van der Waals surface area contributed by atoms with Gasteiger partial charge in [-0.15, -0.1) is 0 Å². The molecule has 1 aromatic rings. The molecular weight excluding hydrogens is 238 g/mol. The first-order valence-corrected chi connectivity index (χ1v) is 7.28. The lowest BCUT2D eigenvalue weighted by molar-refractivity contribution is -0.142. The molecule has 102 valence electrons. The lowest BCUT2D eigenvalue weighted by Crippen LogP contribution is -2.59. The number of hydrogen-bond donors (Lipinski definition) is 1. The molecule has 2 unspecified atom stereocenters. The molecule has 0 saturated carbocycles. The van der Waals surface area contributed by atoms with E-state index >= 15 is 0 Å². The van der Waals surface area contributed by atoms with Gasteiger partial charge in [0.05, 0.1) is 6.42 Å². The minimum absolute atomic E-state index is 0.0184. The number of esters is 1. The molecule has 0 aromatic heterocycles. The number of benzene rings is 1. The van der Waals surface area contributed by atoms with Crippen molar-refractivity contribution in [2.75, 3.05) is 13.1 Å². The number of ether oxygens (including phenoxy) is 1. The van der Waals surface area contributed by atoms with Crippen molar-refractivity contribution in [1.82, 2.24) is 5.32 Å². The van der Waals surface area contributed by atoms with E-state index in [0.717, 1.165) is 19.5 Å². The molecule has 4 rings (SSSR count). The third-order valence-corrected chi connectivity index (χ3v) is 4.53. The third-order valence-electron chi connectivity index (χ3n) is 4.53. The minimum atomic E-state index is -0.0286. The smallest absolute Gasteiger partial charge is 0.306 e. The Hall–Kier alpha value is -1.35. The van der Waals surface area contributed by atoms with Gasteiger partial charge in [-0.25, -0.2) is 0 Å². The van der Waals surface area contributed by atoms with Crippen molar-refractivity contribution in [1.29, 1.82) is 0 Å².